The number of aliphatic hydroxyl groups is 2. The molecule has 0 aromatic carbocycles. The number of hydrogen-bond donors (Lipinski definition) is 2. The minimum Gasteiger partial charge on any atom is -0.389 e. The van der Waals surface area contributed by atoms with Crippen LogP contribution in [0.1, 0.15) is 6.92 Å². The lowest BCUT2D eigenvalue weighted by Crippen LogP contribution is -2.23. The van der Waals surface area contributed by atoms with Gasteiger partial charge in [-0.2, -0.15) is 0 Å². The Labute approximate surface area is 48.5 Å². The van der Waals surface area contributed by atoms with E-state index in [9.17, 15) is 0 Å². The van der Waals surface area contributed by atoms with E-state index in [1.165, 1.54) is 0 Å². The van der Waals surface area contributed by atoms with Gasteiger partial charge in [0.25, 0.3) is 0 Å². The summed E-state index contributed by atoms with van der Waals surface area (Å²) in [6, 6.07) is 0. The van der Waals surface area contributed by atoms with Crippen LogP contribution < -0.4 is 0 Å². The van der Waals surface area contributed by atoms with Gasteiger partial charge in [-0.3, -0.25) is 0 Å². The predicted octanol–water partition coefficient (Wildman–Crippen LogP) is -0.0859. The molecule has 0 saturated carbocycles. The fourth-order valence-electron chi connectivity index (χ4n) is 0.828. The van der Waals surface area contributed by atoms with Crippen molar-refractivity contribution in [2.75, 3.05) is 0 Å². The summed E-state index contributed by atoms with van der Waals surface area (Å²) in [6.07, 6.45) is 2.23. The monoisotopic (exact) mass is 114 g/mol. The molecule has 0 amide bonds. The van der Waals surface area contributed by atoms with Crippen molar-refractivity contribution in [3.63, 3.8) is 0 Å². The molecule has 0 aliphatic heterocycles. The smallest absolute Gasteiger partial charge is 0.0985 e. The van der Waals surface area contributed by atoms with E-state index in [-0.39, 0.29) is 5.92 Å². The van der Waals surface area contributed by atoms with Gasteiger partial charge in [-0.05, 0) is 0 Å². The van der Waals surface area contributed by atoms with Crippen molar-refractivity contribution in [2.24, 2.45) is 5.92 Å². The molecule has 0 aromatic heterocycles. The van der Waals surface area contributed by atoms with Crippen LogP contribution in [0.3, 0.4) is 0 Å². The first-order chi connectivity index (χ1) is 3.72. The zero-order valence-corrected chi connectivity index (χ0v) is 4.78. The Hall–Kier alpha value is -0.340. The van der Waals surface area contributed by atoms with Crippen LogP contribution in [0.4, 0.5) is 0 Å². The van der Waals surface area contributed by atoms with Crippen molar-refractivity contribution in [3.8, 4) is 0 Å². The highest BCUT2D eigenvalue weighted by Crippen LogP contribution is 2.16. The van der Waals surface area contributed by atoms with Crippen LogP contribution in [0.2, 0.25) is 0 Å². The van der Waals surface area contributed by atoms with E-state index < -0.39 is 12.2 Å². The highest BCUT2D eigenvalue weighted by atomic mass is 16.3. The summed E-state index contributed by atoms with van der Waals surface area (Å²) in [6.45, 7) is 1.87. The molecule has 8 heavy (non-hydrogen) atoms. The molecule has 0 saturated heterocycles. The van der Waals surface area contributed by atoms with Crippen LogP contribution in [0.25, 0.3) is 0 Å². The second-order valence-electron chi connectivity index (χ2n) is 2.23. The molecule has 2 nitrogen and oxygen atoms in total. The molecule has 3 atom stereocenters. The third-order valence-corrected chi connectivity index (χ3v) is 1.50. The zero-order valence-electron chi connectivity index (χ0n) is 4.78. The van der Waals surface area contributed by atoms with Crippen LogP contribution in [0.15, 0.2) is 12.2 Å². The van der Waals surface area contributed by atoms with E-state index in [0.717, 1.165) is 0 Å². The highest BCUT2D eigenvalue weighted by Gasteiger charge is 2.23. The summed E-state index contributed by atoms with van der Waals surface area (Å²) in [7, 11) is 0. The summed E-state index contributed by atoms with van der Waals surface area (Å²) in [5, 5.41) is 17.8. The Bertz CT molecular complexity index is 97.1. The first kappa shape index (κ1) is 5.79. The molecule has 1 aliphatic rings. The summed E-state index contributed by atoms with van der Waals surface area (Å²) in [5.74, 6) is 0.116. The third kappa shape index (κ3) is 0.767. The van der Waals surface area contributed by atoms with Crippen LogP contribution >= 0.6 is 0 Å². The van der Waals surface area contributed by atoms with E-state index in [1.807, 2.05) is 13.0 Å². The molecule has 1 rings (SSSR count). The van der Waals surface area contributed by atoms with Gasteiger partial charge >= 0.3 is 0 Å². The molecule has 2 heteroatoms. The normalized spacial score (nSPS) is 45.6. The van der Waals surface area contributed by atoms with Gasteiger partial charge < -0.3 is 10.2 Å². The number of rotatable bonds is 0. The van der Waals surface area contributed by atoms with E-state index in [1.54, 1.807) is 6.08 Å². The van der Waals surface area contributed by atoms with Crippen LogP contribution in [0.5, 0.6) is 0 Å². The Morgan fingerprint density at radius 2 is 1.88 bits per heavy atom. The van der Waals surface area contributed by atoms with Gasteiger partial charge in [0, 0.05) is 5.92 Å². The Morgan fingerprint density at radius 1 is 1.25 bits per heavy atom. The summed E-state index contributed by atoms with van der Waals surface area (Å²) >= 11 is 0. The molecule has 46 valence electrons. The molecule has 1 aliphatic carbocycles. The lowest BCUT2D eigenvalue weighted by Gasteiger charge is -2.10. The van der Waals surface area contributed by atoms with Crippen molar-refractivity contribution < 1.29 is 10.2 Å². The molecule has 0 aromatic rings. The second-order valence-corrected chi connectivity index (χ2v) is 2.23. The first-order valence-corrected chi connectivity index (χ1v) is 2.76. The number of aliphatic hydroxyl groups excluding tert-OH is 2. The maximum absolute atomic E-state index is 8.95. The van der Waals surface area contributed by atoms with Crippen molar-refractivity contribution in [1.82, 2.24) is 0 Å². The van der Waals surface area contributed by atoms with E-state index >= 15 is 0 Å². The molecular formula is C6H10O2. The van der Waals surface area contributed by atoms with Gasteiger partial charge in [0.1, 0.15) is 0 Å². The van der Waals surface area contributed by atoms with Crippen molar-refractivity contribution in [3.05, 3.63) is 12.2 Å². The standard InChI is InChI=1S/C6H10O2/c1-4-2-3-5(7)6(4)8/h2-8H,1H3/t4-,5-,6+/m0/s1. The van der Waals surface area contributed by atoms with Gasteiger partial charge in [0.05, 0.1) is 12.2 Å². The maximum Gasteiger partial charge on any atom is 0.0985 e. The van der Waals surface area contributed by atoms with Crippen molar-refractivity contribution in [2.45, 2.75) is 19.1 Å². The second kappa shape index (κ2) is 1.88. The Kier molecular flexibility index (Phi) is 1.36. The quantitative estimate of drug-likeness (QED) is 0.432. The molecule has 0 spiro atoms. The largest absolute Gasteiger partial charge is 0.389 e. The topological polar surface area (TPSA) is 40.5 Å². The van der Waals surface area contributed by atoms with E-state index in [4.69, 9.17) is 10.2 Å². The Morgan fingerprint density at radius 3 is 2.00 bits per heavy atom. The fraction of sp³-hybridized carbons (Fsp3) is 0.667. The summed E-state index contributed by atoms with van der Waals surface area (Å²) in [4.78, 5) is 0. The summed E-state index contributed by atoms with van der Waals surface area (Å²) in [5.41, 5.74) is 0. The molecule has 0 radical (unpaired) electrons. The van der Waals surface area contributed by atoms with Gasteiger partial charge in [0.15, 0.2) is 0 Å². The van der Waals surface area contributed by atoms with Crippen LogP contribution in [-0.2, 0) is 0 Å². The van der Waals surface area contributed by atoms with Gasteiger partial charge in [-0.25, -0.2) is 0 Å². The van der Waals surface area contributed by atoms with E-state index in [0.29, 0.717) is 0 Å². The van der Waals surface area contributed by atoms with Crippen LogP contribution in [0, 0.1) is 5.92 Å². The number of hydrogen-bond acceptors (Lipinski definition) is 2. The van der Waals surface area contributed by atoms with Crippen LogP contribution in [-0.4, -0.2) is 22.4 Å². The maximum atomic E-state index is 8.95. The third-order valence-electron chi connectivity index (χ3n) is 1.50. The average molecular weight is 114 g/mol. The average Bonchev–Trinajstić information content (AvgIpc) is 1.98. The highest BCUT2D eigenvalue weighted by molar-refractivity contribution is 5.06. The Balaban J connectivity index is 2.55. The zero-order chi connectivity index (χ0) is 6.15. The van der Waals surface area contributed by atoms with Gasteiger partial charge in [-0.15, -0.1) is 0 Å². The van der Waals surface area contributed by atoms with Crippen molar-refractivity contribution in [1.29, 1.82) is 0 Å². The van der Waals surface area contributed by atoms with Gasteiger partial charge in [0.2, 0.25) is 0 Å². The lowest BCUT2D eigenvalue weighted by atomic mass is 10.1. The lowest BCUT2D eigenvalue weighted by molar-refractivity contribution is 0.0381. The van der Waals surface area contributed by atoms with Crippen molar-refractivity contribution >= 4 is 0 Å². The first-order valence-electron chi connectivity index (χ1n) is 2.76. The molecular weight excluding hydrogens is 104 g/mol. The van der Waals surface area contributed by atoms with Gasteiger partial charge in [-0.1, -0.05) is 19.1 Å². The molecule has 0 heterocycles. The summed E-state index contributed by atoms with van der Waals surface area (Å²) < 4.78 is 0. The minimum atomic E-state index is -0.634. The molecule has 0 unspecified atom stereocenters. The molecule has 2 N–H and O–H groups in total. The molecule has 0 bridgehead atoms. The molecule has 0 fully saturated rings. The fourth-order valence-corrected chi connectivity index (χ4v) is 0.828. The SMILES string of the molecule is C[C@H]1C=C[C@H](O)[C@@H]1O. The van der Waals surface area contributed by atoms with E-state index in [2.05, 4.69) is 0 Å². The minimum absolute atomic E-state index is 0.116. The predicted molar refractivity (Wildman–Crippen MR) is 30.3 cm³/mol.